The topological polar surface area (TPSA) is 65.1 Å². The SMILES string of the molecule is C=CCOc1cccc(C2C3=C(OC4CCCCC4C3=O)C(=O)N2CCCOCC)c1. The van der Waals surface area contributed by atoms with Crippen molar-refractivity contribution in [2.75, 3.05) is 26.4 Å². The van der Waals surface area contributed by atoms with Crippen molar-refractivity contribution in [3.63, 3.8) is 0 Å². The van der Waals surface area contributed by atoms with Crippen LogP contribution in [-0.2, 0) is 19.1 Å². The molecule has 0 bridgehead atoms. The maximum absolute atomic E-state index is 13.6. The fourth-order valence-electron chi connectivity index (χ4n) is 4.88. The number of fused-ring (bicyclic) bond motifs is 1. The van der Waals surface area contributed by atoms with Crippen molar-refractivity contribution < 1.29 is 23.8 Å². The summed E-state index contributed by atoms with van der Waals surface area (Å²) < 4.78 is 17.4. The Bertz CT molecular complexity index is 876. The van der Waals surface area contributed by atoms with E-state index in [0.29, 0.717) is 44.1 Å². The van der Waals surface area contributed by atoms with E-state index in [4.69, 9.17) is 14.2 Å². The summed E-state index contributed by atoms with van der Waals surface area (Å²) in [6, 6.07) is 7.17. The molecule has 6 heteroatoms. The van der Waals surface area contributed by atoms with Crippen LogP contribution in [0.15, 0.2) is 48.3 Å². The van der Waals surface area contributed by atoms with Crippen molar-refractivity contribution in [1.29, 1.82) is 0 Å². The highest BCUT2D eigenvalue weighted by atomic mass is 16.5. The molecule has 3 atom stereocenters. The molecule has 1 saturated carbocycles. The lowest BCUT2D eigenvalue weighted by molar-refractivity contribution is -0.135. The second-order valence-corrected chi connectivity index (χ2v) is 8.28. The molecular weight excluding hydrogens is 394 g/mol. The Morgan fingerprint density at radius 2 is 2.10 bits per heavy atom. The van der Waals surface area contributed by atoms with Crippen LogP contribution in [-0.4, -0.2) is 49.1 Å². The molecule has 1 aliphatic carbocycles. The molecule has 2 heterocycles. The Kier molecular flexibility index (Phi) is 6.76. The summed E-state index contributed by atoms with van der Waals surface area (Å²) in [5.74, 6) is 0.687. The number of hydrogen-bond donors (Lipinski definition) is 0. The van der Waals surface area contributed by atoms with E-state index in [0.717, 1.165) is 31.2 Å². The molecule has 1 amide bonds. The lowest BCUT2D eigenvalue weighted by Crippen LogP contribution is -2.39. The second kappa shape index (κ2) is 9.69. The van der Waals surface area contributed by atoms with Gasteiger partial charge in [0.15, 0.2) is 11.5 Å². The van der Waals surface area contributed by atoms with Crippen LogP contribution in [0.25, 0.3) is 0 Å². The zero-order valence-corrected chi connectivity index (χ0v) is 18.2. The largest absolute Gasteiger partial charge is 0.490 e. The van der Waals surface area contributed by atoms with Gasteiger partial charge < -0.3 is 19.1 Å². The van der Waals surface area contributed by atoms with Gasteiger partial charge in [-0.15, -0.1) is 0 Å². The number of ether oxygens (including phenoxy) is 3. The summed E-state index contributed by atoms with van der Waals surface area (Å²) in [5.41, 5.74) is 1.38. The molecule has 0 radical (unpaired) electrons. The Balaban J connectivity index is 1.68. The Hall–Kier alpha value is -2.60. The summed E-state index contributed by atoms with van der Waals surface area (Å²) >= 11 is 0. The first-order chi connectivity index (χ1) is 15.2. The van der Waals surface area contributed by atoms with Crippen molar-refractivity contribution >= 4 is 11.7 Å². The van der Waals surface area contributed by atoms with Gasteiger partial charge in [-0.3, -0.25) is 9.59 Å². The van der Waals surface area contributed by atoms with E-state index in [-0.39, 0.29) is 29.5 Å². The number of hydrogen-bond acceptors (Lipinski definition) is 5. The highest BCUT2D eigenvalue weighted by Gasteiger charge is 2.51. The number of amides is 1. The van der Waals surface area contributed by atoms with Gasteiger partial charge in [0.05, 0.1) is 17.5 Å². The van der Waals surface area contributed by atoms with Gasteiger partial charge in [0.2, 0.25) is 0 Å². The monoisotopic (exact) mass is 425 g/mol. The number of nitrogens with zero attached hydrogens (tertiary/aromatic N) is 1. The van der Waals surface area contributed by atoms with Crippen LogP contribution in [0.3, 0.4) is 0 Å². The summed E-state index contributed by atoms with van der Waals surface area (Å²) in [6.45, 7) is 7.74. The Morgan fingerprint density at radius 1 is 1.26 bits per heavy atom. The maximum Gasteiger partial charge on any atom is 0.290 e. The van der Waals surface area contributed by atoms with Crippen LogP contribution in [0.2, 0.25) is 0 Å². The molecule has 2 aliphatic heterocycles. The molecule has 3 unspecified atom stereocenters. The van der Waals surface area contributed by atoms with Crippen molar-refractivity contribution in [3.05, 3.63) is 53.8 Å². The first kappa shape index (κ1) is 21.6. The third-order valence-electron chi connectivity index (χ3n) is 6.29. The molecular formula is C25H31NO5. The van der Waals surface area contributed by atoms with Crippen LogP contribution in [0, 0.1) is 5.92 Å². The molecule has 3 aliphatic rings. The smallest absolute Gasteiger partial charge is 0.290 e. The average molecular weight is 426 g/mol. The van der Waals surface area contributed by atoms with Gasteiger partial charge >= 0.3 is 0 Å². The van der Waals surface area contributed by atoms with Gasteiger partial charge in [-0.05, 0) is 50.3 Å². The molecule has 4 rings (SSSR count). The van der Waals surface area contributed by atoms with E-state index >= 15 is 0 Å². The molecule has 166 valence electrons. The van der Waals surface area contributed by atoms with Gasteiger partial charge in [-0.2, -0.15) is 0 Å². The minimum absolute atomic E-state index is 0.0778. The molecule has 1 fully saturated rings. The number of carbonyl (C=O) groups excluding carboxylic acids is 2. The van der Waals surface area contributed by atoms with Crippen molar-refractivity contribution in [2.24, 2.45) is 5.92 Å². The molecule has 0 N–H and O–H groups in total. The quantitative estimate of drug-likeness (QED) is 0.442. The van der Waals surface area contributed by atoms with E-state index in [1.807, 2.05) is 31.2 Å². The van der Waals surface area contributed by atoms with Crippen molar-refractivity contribution in [2.45, 2.75) is 51.2 Å². The normalized spacial score (nSPS) is 25.2. The molecule has 1 aromatic carbocycles. The highest BCUT2D eigenvalue weighted by molar-refractivity contribution is 6.11. The lowest BCUT2D eigenvalue weighted by atomic mass is 9.77. The van der Waals surface area contributed by atoms with Crippen LogP contribution in [0.4, 0.5) is 0 Å². The molecule has 1 aromatic rings. The molecule has 31 heavy (non-hydrogen) atoms. The average Bonchev–Trinajstić information content (AvgIpc) is 3.07. The minimum Gasteiger partial charge on any atom is -0.490 e. The Morgan fingerprint density at radius 3 is 2.90 bits per heavy atom. The zero-order chi connectivity index (χ0) is 21.8. The fourth-order valence-corrected chi connectivity index (χ4v) is 4.88. The number of benzene rings is 1. The van der Waals surface area contributed by atoms with Crippen LogP contribution >= 0.6 is 0 Å². The predicted octanol–water partition coefficient (Wildman–Crippen LogP) is 3.97. The highest BCUT2D eigenvalue weighted by Crippen LogP contribution is 2.47. The zero-order valence-electron chi connectivity index (χ0n) is 18.2. The third-order valence-corrected chi connectivity index (χ3v) is 6.29. The maximum atomic E-state index is 13.6. The number of ketones is 1. The summed E-state index contributed by atoms with van der Waals surface area (Å²) in [6.07, 6.45) is 5.94. The van der Waals surface area contributed by atoms with Crippen molar-refractivity contribution in [1.82, 2.24) is 4.90 Å². The lowest BCUT2D eigenvalue weighted by Gasteiger charge is -2.35. The Labute approximate surface area is 183 Å². The first-order valence-electron chi connectivity index (χ1n) is 11.3. The minimum atomic E-state index is -0.452. The number of rotatable bonds is 9. The van der Waals surface area contributed by atoms with Gasteiger partial charge in [-0.25, -0.2) is 0 Å². The van der Waals surface area contributed by atoms with E-state index in [1.165, 1.54) is 0 Å². The third kappa shape index (κ3) is 4.26. The van der Waals surface area contributed by atoms with E-state index in [1.54, 1.807) is 11.0 Å². The van der Waals surface area contributed by atoms with Crippen LogP contribution < -0.4 is 4.74 Å². The van der Waals surface area contributed by atoms with Crippen molar-refractivity contribution in [3.8, 4) is 5.75 Å². The second-order valence-electron chi connectivity index (χ2n) is 8.28. The number of carbonyl (C=O) groups is 2. The number of Topliss-reactive ketones (excluding diaryl/α,β-unsaturated/α-hetero) is 1. The summed E-state index contributed by atoms with van der Waals surface area (Å²) in [4.78, 5) is 28.7. The van der Waals surface area contributed by atoms with Gasteiger partial charge in [0.25, 0.3) is 5.91 Å². The van der Waals surface area contributed by atoms with E-state index < -0.39 is 6.04 Å². The van der Waals surface area contributed by atoms with E-state index in [9.17, 15) is 9.59 Å². The van der Waals surface area contributed by atoms with Gasteiger partial charge in [0, 0.05) is 19.8 Å². The van der Waals surface area contributed by atoms with Crippen LogP contribution in [0.1, 0.15) is 50.6 Å². The molecule has 0 aromatic heterocycles. The van der Waals surface area contributed by atoms with Gasteiger partial charge in [0.1, 0.15) is 18.5 Å². The first-order valence-corrected chi connectivity index (χ1v) is 11.3. The molecule has 0 spiro atoms. The standard InChI is InChI=1S/C25H31NO5/c1-3-14-30-18-10-7-9-17(16-18)22-21-23(27)19-11-5-6-12-20(19)31-24(21)25(28)26(22)13-8-15-29-4-2/h3,7,9-10,16,19-20,22H,1,4-6,8,11-15H2,2H3. The fraction of sp³-hybridized carbons (Fsp3) is 0.520. The van der Waals surface area contributed by atoms with E-state index in [2.05, 4.69) is 6.58 Å². The summed E-state index contributed by atoms with van der Waals surface area (Å²) in [7, 11) is 0. The molecule has 0 saturated heterocycles. The van der Waals surface area contributed by atoms with Crippen LogP contribution in [0.5, 0.6) is 5.75 Å². The molecule has 6 nitrogen and oxygen atoms in total. The van der Waals surface area contributed by atoms with Gasteiger partial charge in [-0.1, -0.05) is 31.2 Å². The summed E-state index contributed by atoms with van der Waals surface area (Å²) in [5, 5.41) is 0. The predicted molar refractivity (Wildman–Crippen MR) is 117 cm³/mol.